The molecule has 1 aromatic carbocycles. The number of amides is 1. The van der Waals surface area contributed by atoms with Gasteiger partial charge in [0.2, 0.25) is 0 Å². The standard InChI is InChI=1S/C14H13BrN2O2/c1-9-6-7-13(19-9)14(18)17-16-10(2)11-4-3-5-12(15)8-11/h3-8H,1-2H3,(H,17,18). The molecule has 2 aromatic rings. The summed E-state index contributed by atoms with van der Waals surface area (Å²) < 4.78 is 6.18. The second-order valence-corrected chi connectivity index (χ2v) is 4.97. The molecule has 4 nitrogen and oxygen atoms in total. The number of aryl methyl sites for hydroxylation is 1. The molecule has 1 amide bonds. The van der Waals surface area contributed by atoms with Crippen LogP contribution in [0.5, 0.6) is 0 Å². The first-order valence-electron chi connectivity index (χ1n) is 5.73. The molecule has 0 saturated carbocycles. The highest BCUT2D eigenvalue weighted by molar-refractivity contribution is 9.10. The molecule has 0 radical (unpaired) electrons. The van der Waals surface area contributed by atoms with Crippen LogP contribution in [0.1, 0.15) is 28.8 Å². The first-order chi connectivity index (χ1) is 9.06. The van der Waals surface area contributed by atoms with Crippen LogP contribution in [0.4, 0.5) is 0 Å². The largest absolute Gasteiger partial charge is 0.456 e. The SMILES string of the molecule is CC(=NNC(=O)c1ccc(C)o1)c1cccc(Br)c1. The molecule has 0 aliphatic carbocycles. The predicted molar refractivity (Wildman–Crippen MR) is 77.3 cm³/mol. The number of hydrazone groups is 1. The third-order valence-electron chi connectivity index (χ3n) is 2.53. The summed E-state index contributed by atoms with van der Waals surface area (Å²) in [5.41, 5.74) is 4.13. The van der Waals surface area contributed by atoms with Crippen molar-refractivity contribution in [2.45, 2.75) is 13.8 Å². The van der Waals surface area contributed by atoms with Crippen molar-refractivity contribution >= 4 is 27.5 Å². The Hall–Kier alpha value is -1.88. The fourth-order valence-electron chi connectivity index (χ4n) is 1.52. The Morgan fingerprint density at radius 1 is 1.32 bits per heavy atom. The van der Waals surface area contributed by atoms with E-state index in [1.807, 2.05) is 31.2 Å². The number of nitrogens with one attached hydrogen (secondary N) is 1. The number of rotatable bonds is 3. The van der Waals surface area contributed by atoms with Gasteiger partial charge in [-0.05, 0) is 43.7 Å². The molecule has 0 unspecified atom stereocenters. The van der Waals surface area contributed by atoms with Crippen molar-refractivity contribution in [1.29, 1.82) is 0 Å². The van der Waals surface area contributed by atoms with E-state index in [4.69, 9.17) is 4.42 Å². The van der Waals surface area contributed by atoms with E-state index < -0.39 is 0 Å². The number of carbonyl (C=O) groups is 1. The van der Waals surface area contributed by atoms with Gasteiger partial charge in [-0.15, -0.1) is 0 Å². The summed E-state index contributed by atoms with van der Waals surface area (Å²) in [6.45, 7) is 3.61. The Kier molecular flexibility index (Phi) is 4.16. The van der Waals surface area contributed by atoms with Crippen LogP contribution < -0.4 is 5.43 Å². The fourth-order valence-corrected chi connectivity index (χ4v) is 1.92. The molecule has 0 saturated heterocycles. The number of halogens is 1. The third-order valence-corrected chi connectivity index (χ3v) is 3.02. The summed E-state index contributed by atoms with van der Waals surface area (Å²) in [6.07, 6.45) is 0. The van der Waals surface area contributed by atoms with Crippen molar-refractivity contribution in [2.24, 2.45) is 5.10 Å². The van der Waals surface area contributed by atoms with Crippen LogP contribution in [0.25, 0.3) is 0 Å². The van der Waals surface area contributed by atoms with Crippen LogP contribution in [-0.4, -0.2) is 11.6 Å². The Balaban J connectivity index is 2.08. The van der Waals surface area contributed by atoms with Crippen LogP contribution in [0.2, 0.25) is 0 Å². The van der Waals surface area contributed by atoms with Crippen molar-refractivity contribution in [3.8, 4) is 0 Å². The monoisotopic (exact) mass is 320 g/mol. The van der Waals surface area contributed by atoms with E-state index in [-0.39, 0.29) is 11.7 Å². The summed E-state index contributed by atoms with van der Waals surface area (Å²) in [7, 11) is 0. The second kappa shape index (κ2) is 5.84. The summed E-state index contributed by atoms with van der Waals surface area (Å²) in [5, 5.41) is 4.06. The molecule has 0 aliphatic rings. The molecule has 0 spiro atoms. The highest BCUT2D eigenvalue weighted by atomic mass is 79.9. The molecule has 19 heavy (non-hydrogen) atoms. The molecule has 5 heteroatoms. The lowest BCUT2D eigenvalue weighted by atomic mass is 10.1. The number of nitrogens with zero attached hydrogens (tertiary/aromatic N) is 1. The summed E-state index contributed by atoms with van der Waals surface area (Å²) >= 11 is 3.39. The zero-order chi connectivity index (χ0) is 13.8. The summed E-state index contributed by atoms with van der Waals surface area (Å²) in [5.74, 6) is 0.587. The van der Waals surface area contributed by atoms with E-state index in [0.717, 1.165) is 15.7 Å². The van der Waals surface area contributed by atoms with E-state index in [1.165, 1.54) is 0 Å². The minimum atomic E-state index is -0.359. The number of benzene rings is 1. The van der Waals surface area contributed by atoms with Crippen molar-refractivity contribution in [3.05, 3.63) is 58.0 Å². The van der Waals surface area contributed by atoms with E-state index in [1.54, 1.807) is 19.1 Å². The average Bonchev–Trinajstić information content (AvgIpc) is 2.82. The highest BCUT2D eigenvalue weighted by Crippen LogP contribution is 2.12. The van der Waals surface area contributed by atoms with E-state index in [9.17, 15) is 4.79 Å². The molecule has 2 rings (SSSR count). The lowest BCUT2D eigenvalue weighted by molar-refractivity contribution is 0.0926. The molecule has 0 atom stereocenters. The van der Waals surface area contributed by atoms with E-state index >= 15 is 0 Å². The summed E-state index contributed by atoms with van der Waals surface area (Å²) in [4.78, 5) is 11.7. The maximum Gasteiger partial charge on any atom is 0.307 e. The molecule has 1 heterocycles. The Labute approximate surface area is 119 Å². The van der Waals surface area contributed by atoms with Gasteiger partial charge in [0.25, 0.3) is 0 Å². The van der Waals surface area contributed by atoms with Gasteiger partial charge in [0.1, 0.15) is 5.76 Å². The maximum atomic E-state index is 11.7. The third kappa shape index (κ3) is 3.54. The molecular weight excluding hydrogens is 308 g/mol. The quantitative estimate of drug-likeness (QED) is 0.695. The first-order valence-corrected chi connectivity index (χ1v) is 6.52. The average molecular weight is 321 g/mol. The van der Waals surface area contributed by atoms with Gasteiger partial charge >= 0.3 is 5.91 Å². The lowest BCUT2D eigenvalue weighted by Gasteiger charge is -2.02. The van der Waals surface area contributed by atoms with Crippen LogP contribution in [0, 0.1) is 6.92 Å². The van der Waals surface area contributed by atoms with Gasteiger partial charge in [-0.2, -0.15) is 5.10 Å². The van der Waals surface area contributed by atoms with E-state index in [0.29, 0.717) is 5.76 Å². The summed E-state index contributed by atoms with van der Waals surface area (Å²) in [6, 6.07) is 11.1. The van der Waals surface area contributed by atoms with Crippen LogP contribution in [0.15, 0.2) is 50.4 Å². The Bertz CT molecular complexity index is 632. The van der Waals surface area contributed by atoms with Gasteiger partial charge in [-0.3, -0.25) is 4.79 Å². The van der Waals surface area contributed by atoms with Gasteiger partial charge in [0, 0.05) is 4.47 Å². The van der Waals surface area contributed by atoms with Gasteiger partial charge < -0.3 is 4.42 Å². The number of carbonyl (C=O) groups excluding carboxylic acids is 1. The van der Waals surface area contributed by atoms with E-state index in [2.05, 4.69) is 26.5 Å². The Morgan fingerprint density at radius 3 is 2.74 bits per heavy atom. The number of hydrogen-bond donors (Lipinski definition) is 1. The topological polar surface area (TPSA) is 54.6 Å². The molecule has 0 bridgehead atoms. The first kappa shape index (κ1) is 13.5. The molecule has 0 fully saturated rings. The van der Waals surface area contributed by atoms with Crippen molar-refractivity contribution in [3.63, 3.8) is 0 Å². The second-order valence-electron chi connectivity index (χ2n) is 4.06. The van der Waals surface area contributed by atoms with Gasteiger partial charge in [0.05, 0.1) is 5.71 Å². The molecule has 98 valence electrons. The fraction of sp³-hybridized carbons (Fsp3) is 0.143. The normalized spacial score (nSPS) is 11.4. The molecular formula is C14H13BrN2O2. The van der Waals surface area contributed by atoms with Gasteiger partial charge in [0.15, 0.2) is 5.76 Å². The number of furan rings is 1. The Morgan fingerprint density at radius 2 is 2.11 bits per heavy atom. The van der Waals surface area contributed by atoms with Crippen LogP contribution >= 0.6 is 15.9 Å². The van der Waals surface area contributed by atoms with Gasteiger partial charge in [-0.1, -0.05) is 28.1 Å². The number of hydrogen-bond acceptors (Lipinski definition) is 3. The van der Waals surface area contributed by atoms with Crippen molar-refractivity contribution in [1.82, 2.24) is 5.43 Å². The van der Waals surface area contributed by atoms with Crippen molar-refractivity contribution in [2.75, 3.05) is 0 Å². The highest BCUT2D eigenvalue weighted by Gasteiger charge is 2.09. The molecule has 0 aliphatic heterocycles. The zero-order valence-corrected chi connectivity index (χ0v) is 12.2. The maximum absolute atomic E-state index is 11.7. The van der Waals surface area contributed by atoms with Crippen molar-refractivity contribution < 1.29 is 9.21 Å². The zero-order valence-electron chi connectivity index (χ0n) is 10.6. The van der Waals surface area contributed by atoms with Gasteiger partial charge in [-0.25, -0.2) is 5.43 Å². The van der Waals surface area contributed by atoms with Crippen LogP contribution in [0.3, 0.4) is 0 Å². The predicted octanol–water partition coefficient (Wildman–Crippen LogP) is 3.50. The minimum Gasteiger partial charge on any atom is -0.456 e. The smallest absolute Gasteiger partial charge is 0.307 e. The lowest BCUT2D eigenvalue weighted by Crippen LogP contribution is -2.18. The molecule has 1 N–H and O–H groups in total. The van der Waals surface area contributed by atoms with Crippen LogP contribution in [-0.2, 0) is 0 Å². The molecule has 1 aromatic heterocycles. The minimum absolute atomic E-state index is 0.253.